The van der Waals surface area contributed by atoms with Crippen LogP contribution in [0, 0.1) is 5.82 Å². The Morgan fingerprint density at radius 2 is 2.20 bits per heavy atom. The third-order valence-corrected chi connectivity index (χ3v) is 3.05. The van der Waals surface area contributed by atoms with Gasteiger partial charge in [0.2, 0.25) is 0 Å². The predicted molar refractivity (Wildman–Crippen MR) is 58.9 cm³/mol. The molecule has 0 spiro atoms. The number of anilines is 1. The summed E-state index contributed by atoms with van der Waals surface area (Å²) >= 11 is 5.93. The molecule has 1 aromatic carbocycles. The van der Waals surface area contributed by atoms with Crippen LogP contribution in [0.25, 0.3) is 0 Å². The van der Waals surface area contributed by atoms with Crippen molar-refractivity contribution in [2.45, 2.75) is 25.0 Å². The fraction of sp³-hybridized carbons (Fsp3) is 0.455. The number of hydrogen-bond acceptors (Lipinski definition) is 2. The second-order valence-electron chi connectivity index (χ2n) is 3.79. The topological polar surface area (TPSA) is 21.3 Å². The van der Waals surface area contributed by atoms with Crippen LogP contribution in [-0.2, 0) is 4.74 Å². The van der Waals surface area contributed by atoms with Gasteiger partial charge in [0, 0.05) is 13.2 Å². The van der Waals surface area contributed by atoms with Crippen molar-refractivity contribution in [1.82, 2.24) is 0 Å². The molecule has 1 fully saturated rings. The quantitative estimate of drug-likeness (QED) is 0.860. The highest BCUT2D eigenvalue weighted by Gasteiger charge is 2.29. The lowest BCUT2D eigenvalue weighted by molar-refractivity contribution is 0.0329. The minimum atomic E-state index is -0.274. The molecular weight excluding hydrogens is 217 g/mol. The number of halogens is 2. The van der Waals surface area contributed by atoms with Crippen molar-refractivity contribution in [2.24, 2.45) is 0 Å². The van der Waals surface area contributed by atoms with Gasteiger partial charge in [-0.2, -0.15) is 0 Å². The average Bonchev–Trinajstić information content (AvgIpc) is 2.16. The van der Waals surface area contributed by atoms with Crippen LogP contribution in [0.2, 0.25) is 5.02 Å². The number of methoxy groups -OCH3 is 1. The molecule has 1 aromatic rings. The van der Waals surface area contributed by atoms with E-state index in [9.17, 15) is 4.39 Å². The Morgan fingerprint density at radius 3 is 2.87 bits per heavy atom. The monoisotopic (exact) mass is 229 g/mol. The van der Waals surface area contributed by atoms with Crippen molar-refractivity contribution in [2.75, 3.05) is 12.4 Å². The van der Waals surface area contributed by atoms with Crippen LogP contribution in [0.5, 0.6) is 0 Å². The van der Waals surface area contributed by atoms with Gasteiger partial charge in [0.15, 0.2) is 0 Å². The summed E-state index contributed by atoms with van der Waals surface area (Å²) < 4.78 is 18.1. The Balaban J connectivity index is 1.97. The molecule has 82 valence electrons. The van der Waals surface area contributed by atoms with E-state index in [1.807, 2.05) is 0 Å². The van der Waals surface area contributed by atoms with Gasteiger partial charge in [-0.25, -0.2) is 4.39 Å². The molecular formula is C11H13ClFNO. The summed E-state index contributed by atoms with van der Waals surface area (Å²) in [5.74, 6) is -0.274. The largest absolute Gasteiger partial charge is 0.381 e. The first-order chi connectivity index (χ1) is 7.19. The molecule has 1 saturated carbocycles. The van der Waals surface area contributed by atoms with Gasteiger partial charge in [-0.05, 0) is 31.0 Å². The smallest absolute Gasteiger partial charge is 0.125 e. The highest BCUT2D eigenvalue weighted by atomic mass is 35.5. The molecule has 0 amide bonds. The molecule has 1 aliphatic rings. The van der Waals surface area contributed by atoms with Crippen LogP contribution in [-0.4, -0.2) is 19.3 Å². The summed E-state index contributed by atoms with van der Waals surface area (Å²) in [4.78, 5) is 0. The molecule has 4 heteroatoms. The van der Waals surface area contributed by atoms with E-state index in [0.717, 1.165) is 12.8 Å². The second kappa shape index (κ2) is 4.37. The van der Waals surface area contributed by atoms with Crippen molar-refractivity contribution in [3.05, 3.63) is 29.0 Å². The zero-order valence-corrected chi connectivity index (χ0v) is 9.22. The lowest BCUT2D eigenvalue weighted by Crippen LogP contribution is -2.40. The Labute approximate surface area is 93.4 Å². The Bertz CT molecular complexity index is 352. The first kappa shape index (κ1) is 10.7. The third-order valence-electron chi connectivity index (χ3n) is 2.72. The van der Waals surface area contributed by atoms with Gasteiger partial charge in [0.1, 0.15) is 5.82 Å². The predicted octanol–water partition coefficient (Wildman–Crippen LogP) is 3.07. The lowest BCUT2D eigenvalue weighted by atomic mass is 9.89. The number of hydrogen-bond donors (Lipinski definition) is 1. The van der Waals surface area contributed by atoms with E-state index in [4.69, 9.17) is 16.3 Å². The van der Waals surface area contributed by atoms with Crippen LogP contribution >= 0.6 is 11.6 Å². The fourth-order valence-electron chi connectivity index (χ4n) is 1.70. The minimum absolute atomic E-state index is 0.274. The Hall–Kier alpha value is -0.800. The zero-order valence-electron chi connectivity index (χ0n) is 8.47. The van der Waals surface area contributed by atoms with Gasteiger partial charge in [-0.15, -0.1) is 0 Å². The van der Waals surface area contributed by atoms with Gasteiger partial charge in [0.05, 0.1) is 16.8 Å². The molecule has 2 nitrogen and oxygen atoms in total. The first-order valence-electron chi connectivity index (χ1n) is 4.93. The highest BCUT2D eigenvalue weighted by Crippen LogP contribution is 2.30. The molecule has 2 rings (SSSR count). The van der Waals surface area contributed by atoms with Crippen molar-refractivity contribution >= 4 is 17.3 Å². The fourth-order valence-corrected chi connectivity index (χ4v) is 1.88. The SMILES string of the molecule is COC1CC(Nc2cc(F)ccc2Cl)C1. The van der Waals surface area contributed by atoms with Crippen LogP contribution in [0.15, 0.2) is 18.2 Å². The van der Waals surface area contributed by atoms with Gasteiger partial charge in [-0.1, -0.05) is 11.6 Å². The van der Waals surface area contributed by atoms with Crippen LogP contribution in [0.3, 0.4) is 0 Å². The van der Waals surface area contributed by atoms with E-state index >= 15 is 0 Å². The molecule has 1 aliphatic carbocycles. The molecule has 0 bridgehead atoms. The first-order valence-corrected chi connectivity index (χ1v) is 5.31. The summed E-state index contributed by atoms with van der Waals surface area (Å²) in [5.41, 5.74) is 0.663. The second-order valence-corrected chi connectivity index (χ2v) is 4.20. The molecule has 0 heterocycles. The van der Waals surface area contributed by atoms with Gasteiger partial charge in [0.25, 0.3) is 0 Å². The highest BCUT2D eigenvalue weighted by molar-refractivity contribution is 6.33. The molecule has 0 saturated heterocycles. The standard InChI is InChI=1S/C11H13ClFNO/c1-15-9-5-8(6-9)14-11-4-7(13)2-3-10(11)12/h2-4,8-9,14H,5-6H2,1H3. The minimum Gasteiger partial charge on any atom is -0.381 e. The molecule has 0 unspecified atom stereocenters. The van der Waals surface area contributed by atoms with Gasteiger partial charge < -0.3 is 10.1 Å². The van der Waals surface area contributed by atoms with Gasteiger partial charge >= 0.3 is 0 Å². The van der Waals surface area contributed by atoms with Crippen LogP contribution in [0.1, 0.15) is 12.8 Å². The Morgan fingerprint density at radius 1 is 1.47 bits per heavy atom. The van der Waals surface area contributed by atoms with Crippen LogP contribution in [0.4, 0.5) is 10.1 Å². The maximum atomic E-state index is 12.9. The molecule has 0 radical (unpaired) electrons. The molecule has 0 atom stereocenters. The van der Waals surface area contributed by atoms with Crippen molar-refractivity contribution in [3.63, 3.8) is 0 Å². The van der Waals surface area contributed by atoms with E-state index in [0.29, 0.717) is 22.9 Å². The Kier molecular flexibility index (Phi) is 3.12. The normalized spacial score (nSPS) is 24.7. The molecule has 1 N–H and O–H groups in total. The summed E-state index contributed by atoms with van der Waals surface area (Å²) in [7, 11) is 1.70. The van der Waals surface area contributed by atoms with Crippen LogP contribution < -0.4 is 5.32 Å². The summed E-state index contributed by atoms with van der Waals surface area (Å²) in [5, 5.41) is 3.75. The van der Waals surface area contributed by atoms with Crippen molar-refractivity contribution < 1.29 is 9.13 Å². The van der Waals surface area contributed by atoms with E-state index in [2.05, 4.69) is 5.32 Å². The van der Waals surface area contributed by atoms with Gasteiger partial charge in [-0.3, -0.25) is 0 Å². The molecule has 0 aliphatic heterocycles. The summed E-state index contributed by atoms with van der Waals surface area (Å²) in [6.45, 7) is 0. The molecule has 0 aromatic heterocycles. The third kappa shape index (κ3) is 2.41. The zero-order chi connectivity index (χ0) is 10.8. The number of ether oxygens (including phenoxy) is 1. The lowest BCUT2D eigenvalue weighted by Gasteiger charge is -2.35. The van der Waals surface area contributed by atoms with E-state index in [1.165, 1.54) is 12.1 Å². The van der Waals surface area contributed by atoms with Crippen molar-refractivity contribution in [3.8, 4) is 0 Å². The maximum Gasteiger partial charge on any atom is 0.125 e. The summed E-state index contributed by atoms with van der Waals surface area (Å²) in [6, 6.07) is 4.68. The number of rotatable bonds is 3. The summed E-state index contributed by atoms with van der Waals surface area (Å²) in [6.07, 6.45) is 2.22. The molecule has 15 heavy (non-hydrogen) atoms. The van der Waals surface area contributed by atoms with E-state index in [1.54, 1.807) is 13.2 Å². The van der Waals surface area contributed by atoms with E-state index in [-0.39, 0.29) is 5.82 Å². The van der Waals surface area contributed by atoms with Crippen molar-refractivity contribution in [1.29, 1.82) is 0 Å². The van der Waals surface area contributed by atoms with E-state index < -0.39 is 0 Å². The number of nitrogens with one attached hydrogen (secondary N) is 1. The maximum absolute atomic E-state index is 12.9. The average molecular weight is 230 g/mol. The number of benzene rings is 1.